The van der Waals surface area contributed by atoms with Gasteiger partial charge >= 0.3 is 0 Å². The van der Waals surface area contributed by atoms with Crippen molar-refractivity contribution in [2.75, 3.05) is 36.0 Å². The molecule has 1 aliphatic rings. The Morgan fingerprint density at radius 1 is 1.20 bits per heavy atom. The molecule has 0 amide bonds. The minimum absolute atomic E-state index is 0.0766. The molecule has 0 bridgehead atoms. The SMILES string of the molecule is Cc1cccc(N2CCN(c3nc(CO)co3)CC2)c1. The fourth-order valence-corrected chi connectivity index (χ4v) is 2.49. The molecule has 0 atom stereocenters. The summed E-state index contributed by atoms with van der Waals surface area (Å²) in [6.07, 6.45) is 1.52. The van der Waals surface area contributed by atoms with E-state index in [-0.39, 0.29) is 6.61 Å². The maximum absolute atomic E-state index is 9.02. The second-order valence-corrected chi connectivity index (χ2v) is 5.09. The third kappa shape index (κ3) is 2.63. The molecule has 1 aliphatic heterocycles. The Kier molecular flexibility index (Phi) is 3.60. The third-order valence-corrected chi connectivity index (χ3v) is 3.62. The van der Waals surface area contributed by atoms with Crippen molar-refractivity contribution in [1.29, 1.82) is 0 Å². The third-order valence-electron chi connectivity index (χ3n) is 3.62. The monoisotopic (exact) mass is 273 g/mol. The van der Waals surface area contributed by atoms with E-state index in [1.165, 1.54) is 17.5 Å². The number of benzene rings is 1. The van der Waals surface area contributed by atoms with E-state index in [1.807, 2.05) is 0 Å². The minimum Gasteiger partial charge on any atom is -0.432 e. The lowest BCUT2D eigenvalue weighted by Gasteiger charge is -2.35. The highest BCUT2D eigenvalue weighted by atomic mass is 16.4. The molecule has 1 aromatic heterocycles. The number of oxazole rings is 1. The molecule has 3 rings (SSSR count). The van der Waals surface area contributed by atoms with Crippen LogP contribution >= 0.6 is 0 Å². The highest BCUT2D eigenvalue weighted by Gasteiger charge is 2.20. The Morgan fingerprint density at radius 2 is 1.95 bits per heavy atom. The molecule has 0 unspecified atom stereocenters. The molecule has 0 aliphatic carbocycles. The number of aromatic nitrogens is 1. The summed E-state index contributed by atoms with van der Waals surface area (Å²) in [4.78, 5) is 8.75. The van der Waals surface area contributed by atoms with Crippen LogP contribution in [0.25, 0.3) is 0 Å². The summed E-state index contributed by atoms with van der Waals surface area (Å²) in [5.74, 6) is 0. The maximum atomic E-state index is 9.02. The first-order valence-electron chi connectivity index (χ1n) is 6.88. The Balaban J connectivity index is 1.64. The van der Waals surface area contributed by atoms with Gasteiger partial charge in [-0.05, 0) is 24.6 Å². The van der Waals surface area contributed by atoms with Gasteiger partial charge in [0.25, 0.3) is 6.01 Å². The standard InChI is InChI=1S/C15H19N3O2/c1-12-3-2-4-14(9-12)17-5-7-18(8-6-17)15-16-13(10-19)11-20-15/h2-4,9,11,19H,5-8,10H2,1H3. The molecule has 0 radical (unpaired) electrons. The fourth-order valence-electron chi connectivity index (χ4n) is 2.49. The molecule has 2 aromatic rings. The number of hydrogen-bond acceptors (Lipinski definition) is 5. The molecule has 5 heteroatoms. The van der Waals surface area contributed by atoms with Gasteiger partial charge in [-0.1, -0.05) is 12.1 Å². The summed E-state index contributed by atoms with van der Waals surface area (Å²) >= 11 is 0. The molecule has 1 aromatic carbocycles. The minimum atomic E-state index is -0.0766. The van der Waals surface area contributed by atoms with E-state index in [0.717, 1.165) is 26.2 Å². The van der Waals surface area contributed by atoms with Crippen molar-refractivity contribution in [1.82, 2.24) is 4.98 Å². The highest BCUT2D eigenvalue weighted by Crippen LogP contribution is 2.21. The van der Waals surface area contributed by atoms with Gasteiger partial charge in [-0.15, -0.1) is 0 Å². The Morgan fingerprint density at radius 3 is 2.60 bits per heavy atom. The molecule has 1 N–H and O–H groups in total. The van der Waals surface area contributed by atoms with Gasteiger partial charge in [-0.2, -0.15) is 4.98 Å². The van der Waals surface area contributed by atoms with Crippen molar-refractivity contribution < 1.29 is 9.52 Å². The summed E-state index contributed by atoms with van der Waals surface area (Å²) in [6, 6.07) is 9.18. The van der Waals surface area contributed by atoms with E-state index in [1.54, 1.807) is 0 Å². The molecule has 1 saturated heterocycles. The van der Waals surface area contributed by atoms with E-state index in [0.29, 0.717) is 11.7 Å². The molecule has 20 heavy (non-hydrogen) atoms. The number of rotatable bonds is 3. The number of nitrogens with zero attached hydrogens (tertiary/aromatic N) is 3. The summed E-state index contributed by atoms with van der Waals surface area (Å²) in [5.41, 5.74) is 3.14. The first-order chi connectivity index (χ1) is 9.76. The van der Waals surface area contributed by atoms with Crippen molar-refractivity contribution in [3.8, 4) is 0 Å². The fraction of sp³-hybridized carbons (Fsp3) is 0.400. The van der Waals surface area contributed by atoms with Crippen LogP contribution in [-0.2, 0) is 6.61 Å². The van der Waals surface area contributed by atoms with Gasteiger partial charge < -0.3 is 19.3 Å². The number of aliphatic hydroxyl groups is 1. The molecule has 5 nitrogen and oxygen atoms in total. The normalized spacial score (nSPS) is 15.7. The van der Waals surface area contributed by atoms with E-state index < -0.39 is 0 Å². The van der Waals surface area contributed by atoms with E-state index in [2.05, 4.69) is 46.0 Å². The first-order valence-corrected chi connectivity index (χ1v) is 6.88. The lowest BCUT2D eigenvalue weighted by atomic mass is 10.2. The van der Waals surface area contributed by atoms with Crippen molar-refractivity contribution in [2.24, 2.45) is 0 Å². The molecular formula is C15H19N3O2. The molecular weight excluding hydrogens is 254 g/mol. The van der Waals surface area contributed by atoms with Gasteiger partial charge in [0, 0.05) is 31.9 Å². The van der Waals surface area contributed by atoms with Crippen LogP contribution in [0.3, 0.4) is 0 Å². The zero-order chi connectivity index (χ0) is 13.9. The second-order valence-electron chi connectivity index (χ2n) is 5.09. The number of aliphatic hydroxyl groups excluding tert-OH is 1. The van der Waals surface area contributed by atoms with Crippen LogP contribution in [0.5, 0.6) is 0 Å². The van der Waals surface area contributed by atoms with Crippen molar-refractivity contribution in [3.05, 3.63) is 41.8 Å². The molecule has 2 heterocycles. The summed E-state index contributed by atoms with van der Waals surface area (Å²) in [5, 5.41) is 9.02. The van der Waals surface area contributed by atoms with Gasteiger partial charge in [0.2, 0.25) is 0 Å². The predicted molar refractivity (Wildman–Crippen MR) is 78.0 cm³/mol. The number of anilines is 2. The maximum Gasteiger partial charge on any atom is 0.297 e. The average molecular weight is 273 g/mol. The summed E-state index contributed by atoms with van der Waals surface area (Å²) in [7, 11) is 0. The number of aryl methyl sites for hydroxylation is 1. The lowest BCUT2D eigenvalue weighted by Crippen LogP contribution is -2.46. The average Bonchev–Trinajstić information content (AvgIpc) is 2.96. The van der Waals surface area contributed by atoms with Gasteiger partial charge in [-0.3, -0.25) is 0 Å². The van der Waals surface area contributed by atoms with Crippen molar-refractivity contribution in [2.45, 2.75) is 13.5 Å². The second kappa shape index (κ2) is 5.54. The van der Waals surface area contributed by atoms with Gasteiger partial charge in [0.1, 0.15) is 12.0 Å². The smallest absolute Gasteiger partial charge is 0.297 e. The Labute approximate surface area is 118 Å². The molecule has 1 fully saturated rings. The largest absolute Gasteiger partial charge is 0.432 e. The summed E-state index contributed by atoms with van der Waals surface area (Å²) in [6.45, 7) is 5.68. The molecule has 106 valence electrons. The Hall–Kier alpha value is -2.01. The first kappa shape index (κ1) is 13.0. The molecule has 0 spiro atoms. The number of hydrogen-bond donors (Lipinski definition) is 1. The van der Waals surface area contributed by atoms with Crippen LogP contribution < -0.4 is 9.80 Å². The predicted octanol–water partition coefficient (Wildman–Crippen LogP) is 1.80. The topological polar surface area (TPSA) is 52.7 Å². The zero-order valence-corrected chi connectivity index (χ0v) is 11.6. The quantitative estimate of drug-likeness (QED) is 0.924. The van der Waals surface area contributed by atoms with Crippen molar-refractivity contribution in [3.63, 3.8) is 0 Å². The van der Waals surface area contributed by atoms with Gasteiger partial charge in [0.05, 0.1) is 6.61 Å². The van der Waals surface area contributed by atoms with Crippen LogP contribution in [0, 0.1) is 6.92 Å². The van der Waals surface area contributed by atoms with Crippen LogP contribution in [0.2, 0.25) is 0 Å². The zero-order valence-electron chi connectivity index (χ0n) is 11.6. The van der Waals surface area contributed by atoms with E-state index in [9.17, 15) is 0 Å². The van der Waals surface area contributed by atoms with Crippen LogP contribution in [0.1, 0.15) is 11.3 Å². The van der Waals surface area contributed by atoms with E-state index >= 15 is 0 Å². The summed E-state index contributed by atoms with van der Waals surface area (Å²) < 4.78 is 5.39. The number of piperazine rings is 1. The van der Waals surface area contributed by atoms with Gasteiger partial charge in [-0.25, -0.2) is 0 Å². The van der Waals surface area contributed by atoms with Crippen LogP contribution in [0.4, 0.5) is 11.7 Å². The highest BCUT2D eigenvalue weighted by molar-refractivity contribution is 5.50. The Bertz CT molecular complexity index is 574. The lowest BCUT2D eigenvalue weighted by molar-refractivity contribution is 0.276. The van der Waals surface area contributed by atoms with Crippen LogP contribution in [-0.4, -0.2) is 36.3 Å². The van der Waals surface area contributed by atoms with Crippen molar-refractivity contribution >= 4 is 11.7 Å². The molecule has 0 saturated carbocycles. The van der Waals surface area contributed by atoms with Gasteiger partial charge in [0.15, 0.2) is 0 Å². The van der Waals surface area contributed by atoms with E-state index in [4.69, 9.17) is 9.52 Å². The van der Waals surface area contributed by atoms with Crippen LogP contribution in [0.15, 0.2) is 34.9 Å².